The third-order valence-electron chi connectivity index (χ3n) is 3.84. The maximum absolute atomic E-state index is 12.6. The molecule has 1 heterocycles. The number of thioether (sulfide) groups is 1. The van der Waals surface area contributed by atoms with Crippen LogP contribution < -0.4 is 4.90 Å². The molecule has 2 amide bonds. The Bertz CT molecular complexity index is 552. The number of likely N-dealkylation sites (N-methyl/N-ethyl adjacent to an activating group) is 1. The van der Waals surface area contributed by atoms with Gasteiger partial charge in [-0.25, -0.2) is 0 Å². The fourth-order valence-electron chi connectivity index (χ4n) is 2.48. The van der Waals surface area contributed by atoms with Gasteiger partial charge in [0.1, 0.15) is 6.04 Å². The SMILES string of the molecule is CSC(C)C(=O)N(C)C1CCN(c2ccccc2Cl)C1=O. The zero-order valence-electron chi connectivity index (χ0n) is 12.4. The highest BCUT2D eigenvalue weighted by atomic mass is 35.5. The van der Waals surface area contributed by atoms with Crippen molar-refractivity contribution in [3.8, 4) is 0 Å². The van der Waals surface area contributed by atoms with Crippen molar-refractivity contribution >= 4 is 40.9 Å². The van der Waals surface area contributed by atoms with Gasteiger partial charge in [0.25, 0.3) is 0 Å². The number of carbonyl (C=O) groups is 2. The summed E-state index contributed by atoms with van der Waals surface area (Å²) in [5, 5.41) is 0.412. The highest BCUT2D eigenvalue weighted by Crippen LogP contribution is 2.30. The number of benzene rings is 1. The van der Waals surface area contributed by atoms with Crippen molar-refractivity contribution in [1.29, 1.82) is 0 Å². The van der Waals surface area contributed by atoms with Crippen LogP contribution in [0.25, 0.3) is 0 Å². The van der Waals surface area contributed by atoms with Gasteiger partial charge in [0.15, 0.2) is 0 Å². The van der Waals surface area contributed by atoms with E-state index in [1.807, 2.05) is 31.4 Å². The summed E-state index contributed by atoms with van der Waals surface area (Å²) in [4.78, 5) is 28.0. The molecular weight excluding hydrogens is 308 g/mol. The average molecular weight is 327 g/mol. The van der Waals surface area contributed by atoms with E-state index >= 15 is 0 Å². The number of carbonyl (C=O) groups excluding carboxylic acids is 2. The summed E-state index contributed by atoms with van der Waals surface area (Å²) in [5.74, 6) is -0.0749. The number of anilines is 1. The van der Waals surface area contributed by atoms with Crippen molar-refractivity contribution in [3.05, 3.63) is 29.3 Å². The number of nitrogens with zero attached hydrogens (tertiary/aromatic N) is 2. The van der Waals surface area contributed by atoms with Crippen LogP contribution in [0.3, 0.4) is 0 Å². The van der Waals surface area contributed by atoms with Crippen LogP contribution in [0.1, 0.15) is 13.3 Å². The molecule has 2 atom stereocenters. The summed E-state index contributed by atoms with van der Waals surface area (Å²) >= 11 is 7.64. The lowest BCUT2D eigenvalue weighted by molar-refractivity contribution is -0.136. The van der Waals surface area contributed by atoms with Crippen LogP contribution in [0.15, 0.2) is 24.3 Å². The summed E-state index contributed by atoms with van der Waals surface area (Å²) in [6.45, 7) is 2.44. The van der Waals surface area contributed by atoms with Crippen LogP contribution in [0.4, 0.5) is 5.69 Å². The number of rotatable bonds is 4. The molecule has 0 aliphatic carbocycles. The second-order valence-corrected chi connectivity index (χ2v) is 6.66. The van der Waals surface area contributed by atoms with Crippen molar-refractivity contribution in [2.24, 2.45) is 0 Å². The smallest absolute Gasteiger partial charge is 0.249 e. The second kappa shape index (κ2) is 6.71. The molecule has 0 spiro atoms. The molecule has 1 aliphatic heterocycles. The van der Waals surface area contributed by atoms with E-state index < -0.39 is 6.04 Å². The van der Waals surface area contributed by atoms with E-state index in [9.17, 15) is 9.59 Å². The third kappa shape index (κ3) is 3.19. The van der Waals surface area contributed by atoms with Crippen LogP contribution in [0, 0.1) is 0 Å². The minimum Gasteiger partial charge on any atom is -0.333 e. The normalized spacial score (nSPS) is 19.7. The molecule has 2 unspecified atom stereocenters. The average Bonchev–Trinajstić information content (AvgIpc) is 2.87. The predicted octanol–water partition coefficient (Wildman–Crippen LogP) is 2.66. The highest BCUT2D eigenvalue weighted by Gasteiger charge is 2.38. The summed E-state index contributed by atoms with van der Waals surface area (Å²) in [6.07, 6.45) is 2.52. The quantitative estimate of drug-likeness (QED) is 0.854. The molecule has 0 N–H and O–H groups in total. The van der Waals surface area contributed by atoms with Crippen molar-refractivity contribution < 1.29 is 9.59 Å². The van der Waals surface area contributed by atoms with Gasteiger partial charge in [-0.05, 0) is 31.7 Å². The van der Waals surface area contributed by atoms with Gasteiger partial charge in [-0.2, -0.15) is 11.8 Å². The Morgan fingerprint density at radius 1 is 1.48 bits per heavy atom. The van der Waals surface area contributed by atoms with E-state index in [0.29, 0.717) is 23.7 Å². The first kappa shape index (κ1) is 16.2. The molecule has 114 valence electrons. The van der Waals surface area contributed by atoms with Crippen LogP contribution >= 0.6 is 23.4 Å². The van der Waals surface area contributed by atoms with Crippen molar-refractivity contribution in [1.82, 2.24) is 4.90 Å². The third-order valence-corrected chi connectivity index (χ3v) is 5.07. The van der Waals surface area contributed by atoms with E-state index in [-0.39, 0.29) is 17.1 Å². The lowest BCUT2D eigenvalue weighted by Crippen LogP contribution is -2.45. The molecule has 4 nitrogen and oxygen atoms in total. The first-order valence-electron chi connectivity index (χ1n) is 6.82. The van der Waals surface area contributed by atoms with Crippen LogP contribution in [0.5, 0.6) is 0 Å². The summed E-state index contributed by atoms with van der Waals surface area (Å²) in [6, 6.07) is 6.88. The molecule has 0 aromatic heterocycles. The predicted molar refractivity (Wildman–Crippen MR) is 88.0 cm³/mol. The van der Waals surface area contributed by atoms with E-state index in [0.717, 1.165) is 0 Å². The van der Waals surface area contributed by atoms with E-state index in [1.54, 1.807) is 22.9 Å². The number of hydrogen-bond donors (Lipinski definition) is 0. The zero-order chi connectivity index (χ0) is 15.6. The van der Waals surface area contributed by atoms with Gasteiger partial charge >= 0.3 is 0 Å². The Balaban J connectivity index is 2.15. The Morgan fingerprint density at radius 2 is 2.14 bits per heavy atom. The van der Waals surface area contributed by atoms with Gasteiger partial charge in [0, 0.05) is 13.6 Å². The van der Waals surface area contributed by atoms with Gasteiger partial charge in [-0.3, -0.25) is 9.59 Å². The van der Waals surface area contributed by atoms with Crippen LogP contribution in [-0.4, -0.2) is 47.9 Å². The topological polar surface area (TPSA) is 40.6 Å². The summed E-state index contributed by atoms with van der Waals surface area (Å²) in [5.41, 5.74) is 0.713. The van der Waals surface area contributed by atoms with E-state index in [4.69, 9.17) is 11.6 Å². The molecule has 0 saturated carbocycles. The second-order valence-electron chi connectivity index (χ2n) is 5.07. The molecule has 0 bridgehead atoms. The number of hydrogen-bond acceptors (Lipinski definition) is 3. The molecule has 1 fully saturated rings. The first-order chi connectivity index (χ1) is 9.97. The van der Waals surface area contributed by atoms with Gasteiger partial charge < -0.3 is 9.80 Å². The molecule has 2 rings (SSSR count). The highest BCUT2D eigenvalue weighted by molar-refractivity contribution is 7.99. The lowest BCUT2D eigenvalue weighted by atomic mass is 10.2. The van der Waals surface area contributed by atoms with Crippen LogP contribution in [0.2, 0.25) is 5.02 Å². The molecule has 6 heteroatoms. The Morgan fingerprint density at radius 3 is 2.76 bits per heavy atom. The molecular formula is C15H19ClN2O2S. The molecule has 0 radical (unpaired) electrons. The monoisotopic (exact) mass is 326 g/mol. The van der Waals surface area contributed by atoms with Crippen molar-refractivity contribution in [2.45, 2.75) is 24.6 Å². The largest absolute Gasteiger partial charge is 0.333 e. The summed E-state index contributed by atoms with van der Waals surface area (Å²) < 4.78 is 0. The number of halogens is 1. The van der Waals surface area contributed by atoms with Gasteiger partial charge in [0.05, 0.1) is 16.0 Å². The Kier molecular flexibility index (Phi) is 5.17. The minimum absolute atomic E-state index is 0.0122. The van der Waals surface area contributed by atoms with Gasteiger partial charge in [-0.1, -0.05) is 23.7 Å². The molecule has 1 aromatic rings. The maximum Gasteiger partial charge on any atom is 0.249 e. The maximum atomic E-state index is 12.6. The molecule has 1 aliphatic rings. The Hall–Kier alpha value is -1.20. The number of para-hydroxylation sites is 1. The number of amides is 2. The molecule has 1 aromatic carbocycles. The molecule has 21 heavy (non-hydrogen) atoms. The fraction of sp³-hybridized carbons (Fsp3) is 0.467. The van der Waals surface area contributed by atoms with E-state index in [2.05, 4.69) is 0 Å². The summed E-state index contributed by atoms with van der Waals surface area (Å²) in [7, 11) is 1.70. The van der Waals surface area contributed by atoms with Crippen molar-refractivity contribution in [2.75, 3.05) is 24.7 Å². The minimum atomic E-state index is -0.400. The molecule has 1 saturated heterocycles. The standard InChI is InChI=1S/C15H19ClN2O2S/c1-10(21-3)14(19)17(2)13-8-9-18(15(13)20)12-7-5-4-6-11(12)16/h4-7,10,13H,8-9H2,1-3H3. The van der Waals surface area contributed by atoms with Gasteiger partial charge in [-0.15, -0.1) is 0 Å². The zero-order valence-corrected chi connectivity index (χ0v) is 13.9. The Labute approximate surface area is 134 Å². The lowest BCUT2D eigenvalue weighted by Gasteiger charge is -2.26. The van der Waals surface area contributed by atoms with E-state index in [1.165, 1.54) is 11.8 Å². The fourth-order valence-corrected chi connectivity index (χ4v) is 3.08. The first-order valence-corrected chi connectivity index (χ1v) is 8.49. The van der Waals surface area contributed by atoms with Crippen LogP contribution in [-0.2, 0) is 9.59 Å². The van der Waals surface area contributed by atoms with Crippen molar-refractivity contribution in [3.63, 3.8) is 0 Å². The van der Waals surface area contributed by atoms with Gasteiger partial charge in [0.2, 0.25) is 11.8 Å².